The van der Waals surface area contributed by atoms with E-state index in [2.05, 4.69) is 15.4 Å². The van der Waals surface area contributed by atoms with Crippen molar-refractivity contribution in [2.24, 2.45) is 0 Å². The zero-order valence-corrected chi connectivity index (χ0v) is 18.2. The number of carbonyl (C=O) groups excluding carboxylic acids is 1. The normalized spacial score (nSPS) is 12.0. The summed E-state index contributed by atoms with van der Waals surface area (Å²) in [6, 6.07) is 19.7. The molecular formula is C25H26N4O2. The molecule has 0 bridgehead atoms. The Morgan fingerprint density at radius 1 is 1.06 bits per heavy atom. The second-order valence-corrected chi connectivity index (χ2v) is 7.80. The van der Waals surface area contributed by atoms with E-state index in [-0.39, 0.29) is 18.6 Å². The predicted molar refractivity (Wildman–Crippen MR) is 122 cm³/mol. The van der Waals surface area contributed by atoms with Gasteiger partial charge in [-0.05, 0) is 51.0 Å². The van der Waals surface area contributed by atoms with Crippen LogP contribution in [0.25, 0.3) is 16.7 Å². The van der Waals surface area contributed by atoms with E-state index in [1.54, 1.807) is 0 Å². The molecule has 0 aliphatic rings. The van der Waals surface area contributed by atoms with Crippen molar-refractivity contribution in [1.82, 2.24) is 20.1 Å². The van der Waals surface area contributed by atoms with Crippen molar-refractivity contribution in [3.63, 3.8) is 0 Å². The molecule has 6 nitrogen and oxygen atoms in total. The molecule has 0 spiro atoms. The number of aryl methyl sites for hydroxylation is 3. The zero-order chi connectivity index (χ0) is 22.0. The van der Waals surface area contributed by atoms with E-state index in [9.17, 15) is 4.79 Å². The molecule has 1 amide bonds. The highest BCUT2D eigenvalue weighted by Crippen LogP contribution is 2.26. The first kappa shape index (κ1) is 20.6. The lowest BCUT2D eigenvalue weighted by Crippen LogP contribution is -2.31. The van der Waals surface area contributed by atoms with E-state index in [1.807, 2.05) is 93.0 Å². The number of hydrogen-bond donors (Lipinski definition) is 1. The minimum Gasteiger partial charge on any atom is -0.468 e. The van der Waals surface area contributed by atoms with E-state index >= 15 is 0 Å². The Morgan fingerprint density at radius 2 is 1.77 bits per heavy atom. The fourth-order valence-corrected chi connectivity index (χ4v) is 3.66. The molecule has 2 aromatic heterocycles. The number of carbonyl (C=O) groups is 1. The lowest BCUT2D eigenvalue weighted by atomic mass is 10.1. The van der Waals surface area contributed by atoms with Crippen LogP contribution in [-0.2, 0) is 4.79 Å². The van der Waals surface area contributed by atoms with Crippen molar-refractivity contribution in [3.05, 3.63) is 83.0 Å². The molecule has 6 heteroatoms. The summed E-state index contributed by atoms with van der Waals surface area (Å²) < 4.78 is 7.57. The van der Waals surface area contributed by atoms with Crippen LogP contribution in [0.3, 0.4) is 0 Å². The summed E-state index contributed by atoms with van der Waals surface area (Å²) in [6.07, 6.45) is 0. The maximum Gasteiger partial charge on any atom is 0.258 e. The quantitative estimate of drug-likeness (QED) is 0.501. The summed E-state index contributed by atoms with van der Waals surface area (Å²) in [5.41, 5.74) is 5.79. The Labute approximate surface area is 181 Å². The van der Waals surface area contributed by atoms with Gasteiger partial charge in [0.2, 0.25) is 5.88 Å². The third kappa shape index (κ3) is 4.43. The van der Waals surface area contributed by atoms with E-state index in [1.165, 1.54) is 5.56 Å². The molecule has 4 rings (SSSR count). The number of nitrogens with one attached hydrogen (secondary N) is 1. The van der Waals surface area contributed by atoms with Gasteiger partial charge in [0.25, 0.3) is 5.91 Å². The Morgan fingerprint density at radius 3 is 2.48 bits per heavy atom. The molecule has 0 radical (unpaired) electrons. The smallest absolute Gasteiger partial charge is 0.258 e. The van der Waals surface area contributed by atoms with Crippen LogP contribution in [0.5, 0.6) is 5.88 Å². The molecule has 158 valence electrons. The topological polar surface area (TPSA) is 69.0 Å². The van der Waals surface area contributed by atoms with Gasteiger partial charge >= 0.3 is 0 Å². The minimum absolute atomic E-state index is 0.0971. The lowest BCUT2D eigenvalue weighted by molar-refractivity contribution is -0.123. The number of ether oxygens (including phenoxy) is 1. The SMILES string of the molecule is Cc1ccc(-n2nc(C)c3c(C)cc(OCC(=O)N[C@@H](C)c4ccccc4)nc32)cc1. The maximum atomic E-state index is 12.4. The van der Waals surface area contributed by atoms with Gasteiger partial charge in [0.1, 0.15) is 0 Å². The van der Waals surface area contributed by atoms with Gasteiger partial charge in [-0.15, -0.1) is 0 Å². The molecule has 0 aliphatic heterocycles. The Kier molecular flexibility index (Phi) is 5.71. The molecule has 0 unspecified atom stereocenters. The number of benzene rings is 2. The van der Waals surface area contributed by atoms with E-state index in [0.717, 1.165) is 33.5 Å². The number of aromatic nitrogens is 3. The van der Waals surface area contributed by atoms with Gasteiger partial charge in [0.05, 0.1) is 17.4 Å². The molecular weight excluding hydrogens is 388 g/mol. The highest BCUT2D eigenvalue weighted by Gasteiger charge is 2.16. The summed E-state index contributed by atoms with van der Waals surface area (Å²) in [4.78, 5) is 17.1. The summed E-state index contributed by atoms with van der Waals surface area (Å²) in [7, 11) is 0. The van der Waals surface area contributed by atoms with Crippen molar-refractivity contribution < 1.29 is 9.53 Å². The second kappa shape index (κ2) is 8.60. The average Bonchev–Trinajstić information content (AvgIpc) is 3.10. The van der Waals surface area contributed by atoms with Crippen molar-refractivity contribution in [2.45, 2.75) is 33.7 Å². The average molecular weight is 415 g/mol. The van der Waals surface area contributed by atoms with Gasteiger partial charge in [-0.1, -0.05) is 48.0 Å². The first-order valence-corrected chi connectivity index (χ1v) is 10.3. The highest BCUT2D eigenvalue weighted by molar-refractivity contribution is 5.84. The second-order valence-electron chi connectivity index (χ2n) is 7.80. The number of rotatable bonds is 6. The number of fused-ring (bicyclic) bond motifs is 1. The van der Waals surface area contributed by atoms with Gasteiger partial charge in [-0.25, -0.2) is 4.68 Å². The van der Waals surface area contributed by atoms with Crippen LogP contribution >= 0.6 is 0 Å². The van der Waals surface area contributed by atoms with Crippen LogP contribution in [0.4, 0.5) is 0 Å². The molecule has 0 saturated carbocycles. The van der Waals surface area contributed by atoms with E-state index in [4.69, 9.17) is 4.74 Å². The first-order chi connectivity index (χ1) is 14.9. The summed E-state index contributed by atoms with van der Waals surface area (Å²) in [5, 5.41) is 8.63. The van der Waals surface area contributed by atoms with Crippen LogP contribution in [0.1, 0.15) is 35.3 Å². The molecule has 4 aromatic rings. The molecule has 31 heavy (non-hydrogen) atoms. The zero-order valence-electron chi connectivity index (χ0n) is 18.2. The summed E-state index contributed by atoms with van der Waals surface area (Å²) >= 11 is 0. The number of pyridine rings is 1. The Bertz CT molecular complexity index is 1210. The summed E-state index contributed by atoms with van der Waals surface area (Å²) in [6.45, 7) is 7.87. The van der Waals surface area contributed by atoms with Gasteiger partial charge in [-0.2, -0.15) is 10.1 Å². The van der Waals surface area contributed by atoms with E-state index in [0.29, 0.717) is 5.88 Å². The van der Waals surface area contributed by atoms with Crippen molar-refractivity contribution in [2.75, 3.05) is 6.61 Å². The van der Waals surface area contributed by atoms with Crippen LogP contribution in [0.2, 0.25) is 0 Å². The monoisotopic (exact) mass is 414 g/mol. The lowest BCUT2D eigenvalue weighted by Gasteiger charge is -2.14. The third-order valence-corrected chi connectivity index (χ3v) is 5.29. The fourth-order valence-electron chi connectivity index (χ4n) is 3.66. The number of nitrogens with zero attached hydrogens (tertiary/aromatic N) is 3. The van der Waals surface area contributed by atoms with Gasteiger partial charge < -0.3 is 10.1 Å². The molecule has 1 atom stereocenters. The predicted octanol–water partition coefficient (Wildman–Crippen LogP) is 4.60. The van der Waals surface area contributed by atoms with Crippen LogP contribution in [-0.4, -0.2) is 27.3 Å². The molecule has 0 aliphatic carbocycles. The Hall–Kier alpha value is -3.67. The fraction of sp³-hybridized carbons (Fsp3) is 0.240. The molecule has 0 fully saturated rings. The number of amides is 1. The Balaban J connectivity index is 1.54. The van der Waals surface area contributed by atoms with Gasteiger partial charge in [0, 0.05) is 11.5 Å². The molecule has 1 N–H and O–H groups in total. The number of hydrogen-bond acceptors (Lipinski definition) is 4. The standard InChI is InChI=1S/C25H26N4O2/c1-16-10-12-21(13-11-16)29-25-24(19(4)28-29)17(2)14-23(27-25)31-15-22(30)26-18(3)20-8-6-5-7-9-20/h5-14,18H,15H2,1-4H3,(H,26,30)/t18-/m0/s1. The minimum atomic E-state index is -0.195. The largest absolute Gasteiger partial charge is 0.468 e. The van der Waals surface area contributed by atoms with Crippen molar-refractivity contribution in [3.8, 4) is 11.6 Å². The van der Waals surface area contributed by atoms with E-state index < -0.39 is 0 Å². The van der Waals surface area contributed by atoms with Crippen LogP contribution < -0.4 is 10.1 Å². The molecule has 0 saturated heterocycles. The van der Waals surface area contributed by atoms with Gasteiger partial charge in [-0.3, -0.25) is 4.79 Å². The van der Waals surface area contributed by atoms with Crippen molar-refractivity contribution >= 4 is 16.9 Å². The summed E-state index contributed by atoms with van der Waals surface area (Å²) in [5.74, 6) is 0.208. The highest BCUT2D eigenvalue weighted by atomic mass is 16.5. The first-order valence-electron chi connectivity index (χ1n) is 10.3. The molecule has 2 heterocycles. The maximum absolute atomic E-state index is 12.4. The molecule has 2 aromatic carbocycles. The van der Waals surface area contributed by atoms with Crippen LogP contribution in [0, 0.1) is 20.8 Å². The van der Waals surface area contributed by atoms with Crippen LogP contribution in [0.15, 0.2) is 60.7 Å². The van der Waals surface area contributed by atoms with Gasteiger partial charge in [0.15, 0.2) is 12.3 Å². The third-order valence-electron chi connectivity index (χ3n) is 5.29. The van der Waals surface area contributed by atoms with Crippen molar-refractivity contribution in [1.29, 1.82) is 0 Å².